The molecule has 22 heavy (non-hydrogen) atoms. The van der Waals surface area contributed by atoms with Crippen LogP contribution in [-0.4, -0.2) is 36.7 Å². The van der Waals surface area contributed by atoms with E-state index in [0.29, 0.717) is 31.1 Å². The largest absolute Gasteiger partial charge is 0.481 e. The van der Waals surface area contributed by atoms with Crippen LogP contribution < -0.4 is 5.32 Å². The number of rotatable bonds is 6. The average Bonchev–Trinajstić information content (AvgIpc) is 2.50. The monoisotopic (exact) mass is 309 g/mol. The van der Waals surface area contributed by atoms with Gasteiger partial charge in [0.05, 0.1) is 5.92 Å². The highest BCUT2D eigenvalue weighted by atomic mass is 19.1. The summed E-state index contributed by atoms with van der Waals surface area (Å²) in [5.41, 5.74) is 0.472. The van der Waals surface area contributed by atoms with Crippen LogP contribution in [0, 0.1) is 11.7 Å². The smallest absolute Gasteiger partial charge is 0.312 e. The number of aliphatic carboxylic acids is 1. The van der Waals surface area contributed by atoms with E-state index >= 15 is 0 Å². The maximum atomic E-state index is 12.9. The van der Waals surface area contributed by atoms with E-state index in [2.05, 4.69) is 5.32 Å². The first kappa shape index (κ1) is 16.4. The van der Waals surface area contributed by atoms with Crippen LogP contribution in [0.5, 0.6) is 0 Å². The lowest BCUT2D eigenvalue weighted by molar-refractivity contribution is -0.138. The normalized spacial score (nSPS) is 17.0. The third-order valence-electron chi connectivity index (χ3n) is 3.89. The van der Waals surface area contributed by atoms with E-state index in [9.17, 15) is 19.1 Å². The van der Waals surface area contributed by atoms with Crippen LogP contribution in [0.25, 0.3) is 0 Å². The summed E-state index contributed by atoms with van der Waals surface area (Å²) in [4.78, 5) is 23.2. The Kier molecular flexibility index (Phi) is 5.89. The maximum absolute atomic E-state index is 12.9. The molecule has 2 rings (SSSR count). The summed E-state index contributed by atoms with van der Waals surface area (Å²) in [5.74, 6) is -2.20. The predicted octanol–water partition coefficient (Wildman–Crippen LogP) is 1.93. The van der Waals surface area contributed by atoms with Crippen molar-refractivity contribution in [3.05, 3.63) is 35.6 Å². The van der Waals surface area contributed by atoms with E-state index in [4.69, 9.17) is 4.74 Å². The van der Waals surface area contributed by atoms with E-state index in [1.165, 1.54) is 24.3 Å². The van der Waals surface area contributed by atoms with Gasteiger partial charge in [0.25, 0.3) is 0 Å². The lowest BCUT2D eigenvalue weighted by Crippen LogP contribution is -2.33. The Morgan fingerprint density at radius 1 is 1.27 bits per heavy atom. The number of carbonyl (C=O) groups is 2. The fraction of sp³-hybridized carbons (Fsp3) is 0.500. The van der Waals surface area contributed by atoms with Gasteiger partial charge in [-0.1, -0.05) is 12.1 Å². The summed E-state index contributed by atoms with van der Waals surface area (Å²) in [6.07, 6.45) is 2.10. The summed E-state index contributed by atoms with van der Waals surface area (Å²) in [6, 6.07) is 5.29. The molecule has 120 valence electrons. The first-order valence-corrected chi connectivity index (χ1v) is 7.39. The Labute approximate surface area is 128 Å². The summed E-state index contributed by atoms with van der Waals surface area (Å²) < 4.78 is 18.1. The van der Waals surface area contributed by atoms with Gasteiger partial charge in [0.1, 0.15) is 5.82 Å². The van der Waals surface area contributed by atoms with Gasteiger partial charge in [0, 0.05) is 26.2 Å². The minimum atomic E-state index is -1.04. The Hall–Kier alpha value is -1.95. The van der Waals surface area contributed by atoms with Crippen molar-refractivity contribution in [1.82, 2.24) is 5.32 Å². The number of amides is 1. The molecule has 6 heteroatoms. The lowest BCUT2D eigenvalue weighted by Gasteiger charge is -2.22. The van der Waals surface area contributed by atoms with Gasteiger partial charge in [-0.05, 0) is 36.5 Å². The van der Waals surface area contributed by atoms with Gasteiger partial charge in [0.2, 0.25) is 5.91 Å². The topological polar surface area (TPSA) is 75.6 Å². The van der Waals surface area contributed by atoms with Gasteiger partial charge in [-0.3, -0.25) is 9.59 Å². The molecule has 1 aromatic rings. The van der Waals surface area contributed by atoms with Crippen LogP contribution >= 0.6 is 0 Å². The molecule has 1 saturated heterocycles. The highest BCUT2D eigenvalue weighted by Crippen LogP contribution is 2.19. The fourth-order valence-electron chi connectivity index (χ4n) is 2.54. The number of halogens is 1. The van der Waals surface area contributed by atoms with Crippen LogP contribution in [0.4, 0.5) is 4.39 Å². The second-order valence-corrected chi connectivity index (χ2v) is 5.51. The van der Waals surface area contributed by atoms with E-state index in [0.717, 1.165) is 12.8 Å². The molecule has 0 spiro atoms. The predicted molar refractivity (Wildman–Crippen MR) is 77.9 cm³/mol. The number of carboxylic acids is 1. The Morgan fingerprint density at radius 3 is 2.50 bits per heavy atom. The zero-order valence-electron chi connectivity index (χ0n) is 12.3. The second-order valence-electron chi connectivity index (χ2n) is 5.51. The van der Waals surface area contributed by atoms with E-state index < -0.39 is 17.7 Å². The molecule has 1 atom stereocenters. The van der Waals surface area contributed by atoms with Crippen molar-refractivity contribution in [2.45, 2.75) is 25.2 Å². The Balaban J connectivity index is 1.87. The lowest BCUT2D eigenvalue weighted by atomic mass is 9.95. The van der Waals surface area contributed by atoms with E-state index in [1.54, 1.807) is 0 Å². The standard InChI is InChI=1S/C16H20FNO4/c17-13-3-1-12(2-4-13)14(16(20)21)10-18-15(19)9-11-5-7-22-8-6-11/h1-4,11,14H,5-10H2,(H,18,19)(H,20,21). The third-order valence-corrected chi connectivity index (χ3v) is 3.89. The van der Waals surface area contributed by atoms with E-state index in [-0.39, 0.29) is 12.5 Å². The highest BCUT2D eigenvalue weighted by Gasteiger charge is 2.22. The van der Waals surface area contributed by atoms with E-state index in [1.807, 2.05) is 0 Å². The number of ether oxygens (including phenoxy) is 1. The van der Waals surface area contributed by atoms with Crippen molar-refractivity contribution in [2.75, 3.05) is 19.8 Å². The highest BCUT2D eigenvalue weighted by molar-refractivity contribution is 5.79. The average molecular weight is 309 g/mol. The van der Waals surface area contributed by atoms with Crippen molar-refractivity contribution in [3.63, 3.8) is 0 Å². The van der Waals surface area contributed by atoms with Gasteiger partial charge in [0.15, 0.2) is 0 Å². The summed E-state index contributed by atoms with van der Waals surface area (Å²) >= 11 is 0. The van der Waals surface area contributed by atoms with Gasteiger partial charge in [-0.2, -0.15) is 0 Å². The third kappa shape index (κ3) is 4.80. The number of carboxylic acid groups (broad SMARTS) is 1. The molecule has 1 fully saturated rings. The van der Waals surface area contributed by atoms with Crippen LogP contribution in [0.3, 0.4) is 0 Å². The van der Waals surface area contributed by atoms with Crippen LogP contribution in [0.1, 0.15) is 30.7 Å². The van der Waals surface area contributed by atoms with Crippen molar-refractivity contribution in [3.8, 4) is 0 Å². The first-order valence-electron chi connectivity index (χ1n) is 7.39. The van der Waals surface area contributed by atoms with Crippen molar-refractivity contribution in [1.29, 1.82) is 0 Å². The SMILES string of the molecule is O=C(CC1CCOCC1)NCC(C(=O)O)c1ccc(F)cc1. The second kappa shape index (κ2) is 7.89. The minimum Gasteiger partial charge on any atom is -0.481 e. The molecule has 1 amide bonds. The van der Waals surface area contributed by atoms with Crippen LogP contribution in [-0.2, 0) is 14.3 Å². The zero-order valence-corrected chi connectivity index (χ0v) is 12.3. The summed E-state index contributed by atoms with van der Waals surface area (Å²) in [7, 11) is 0. The van der Waals surface area contributed by atoms with Crippen molar-refractivity contribution in [2.24, 2.45) is 5.92 Å². The summed E-state index contributed by atoms with van der Waals surface area (Å²) in [6.45, 7) is 1.35. The van der Waals surface area contributed by atoms with Gasteiger partial charge in [-0.25, -0.2) is 4.39 Å². The number of benzene rings is 1. The first-order chi connectivity index (χ1) is 10.6. The molecule has 0 bridgehead atoms. The molecular formula is C16H20FNO4. The number of carbonyl (C=O) groups excluding carboxylic acids is 1. The minimum absolute atomic E-state index is 0.00300. The molecule has 1 aliphatic rings. The molecule has 5 nitrogen and oxygen atoms in total. The molecule has 2 N–H and O–H groups in total. The van der Waals surface area contributed by atoms with Gasteiger partial charge in [-0.15, -0.1) is 0 Å². The van der Waals surface area contributed by atoms with Gasteiger partial charge >= 0.3 is 5.97 Å². The number of hydrogen-bond acceptors (Lipinski definition) is 3. The van der Waals surface area contributed by atoms with Crippen molar-refractivity contribution >= 4 is 11.9 Å². The molecular weight excluding hydrogens is 289 g/mol. The fourth-order valence-corrected chi connectivity index (χ4v) is 2.54. The number of nitrogens with one attached hydrogen (secondary N) is 1. The van der Waals surface area contributed by atoms with Gasteiger partial charge < -0.3 is 15.2 Å². The summed E-state index contributed by atoms with van der Waals surface area (Å²) in [5, 5.41) is 11.9. The molecule has 1 aromatic carbocycles. The molecule has 1 heterocycles. The van der Waals surface area contributed by atoms with Crippen LogP contribution in [0.2, 0.25) is 0 Å². The molecule has 0 aromatic heterocycles. The molecule has 0 aliphatic carbocycles. The molecule has 0 radical (unpaired) electrons. The molecule has 1 aliphatic heterocycles. The maximum Gasteiger partial charge on any atom is 0.312 e. The molecule has 1 unspecified atom stereocenters. The quantitative estimate of drug-likeness (QED) is 0.842. The Morgan fingerprint density at radius 2 is 1.91 bits per heavy atom. The molecule has 0 saturated carbocycles. The zero-order chi connectivity index (χ0) is 15.9. The van der Waals surface area contributed by atoms with Crippen molar-refractivity contribution < 1.29 is 23.8 Å². The Bertz CT molecular complexity index is 511. The number of hydrogen-bond donors (Lipinski definition) is 2. The van der Waals surface area contributed by atoms with Crippen LogP contribution in [0.15, 0.2) is 24.3 Å².